The lowest BCUT2D eigenvalue weighted by Crippen LogP contribution is -2.51. The Morgan fingerprint density at radius 1 is 1.62 bits per heavy atom. The molecule has 2 heterocycles. The Balaban J connectivity index is 2.04. The molecule has 0 saturated carbocycles. The molecule has 1 aliphatic rings. The average molecular weight is 237 g/mol. The predicted octanol–water partition coefficient (Wildman–Crippen LogP) is 1.35. The number of nitrogens with zero attached hydrogens (tertiary/aromatic N) is 2. The number of pyridine rings is 1. The number of hydrogen-bond donors (Lipinski definition) is 1. The van der Waals surface area contributed by atoms with Crippen molar-refractivity contribution < 1.29 is 0 Å². The second-order valence-electron chi connectivity index (χ2n) is 4.45. The number of rotatable bonds is 4. The molecular weight excluding hydrogens is 218 g/mol. The molecule has 4 heteroatoms. The Hall–Kier alpha value is -0.580. The van der Waals surface area contributed by atoms with Crippen molar-refractivity contribution in [3.63, 3.8) is 0 Å². The number of aromatic nitrogens is 1. The summed E-state index contributed by atoms with van der Waals surface area (Å²) in [7, 11) is 2.17. The lowest BCUT2D eigenvalue weighted by molar-refractivity contribution is 0.143. The molecule has 2 N–H and O–H groups in total. The highest BCUT2D eigenvalue weighted by atomic mass is 32.2. The molecule has 1 aromatic rings. The van der Waals surface area contributed by atoms with E-state index in [0.29, 0.717) is 0 Å². The zero-order chi connectivity index (χ0) is 11.4. The minimum atomic E-state index is 0.195. The zero-order valence-electron chi connectivity index (χ0n) is 9.72. The van der Waals surface area contributed by atoms with Gasteiger partial charge >= 0.3 is 0 Å². The molecule has 0 radical (unpaired) electrons. The van der Waals surface area contributed by atoms with Gasteiger partial charge in [-0.3, -0.25) is 9.88 Å². The molecule has 0 aromatic carbocycles. The minimum absolute atomic E-state index is 0.195. The molecule has 1 aliphatic heterocycles. The highest BCUT2D eigenvalue weighted by Gasteiger charge is 2.36. The molecule has 3 nitrogen and oxygen atoms in total. The Kier molecular flexibility index (Phi) is 3.84. The number of nitrogens with two attached hydrogens (primary N) is 1. The van der Waals surface area contributed by atoms with Crippen LogP contribution < -0.4 is 5.73 Å². The van der Waals surface area contributed by atoms with E-state index in [-0.39, 0.29) is 5.54 Å². The van der Waals surface area contributed by atoms with Gasteiger partial charge < -0.3 is 5.73 Å². The van der Waals surface area contributed by atoms with Crippen LogP contribution in [-0.2, 0) is 6.54 Å². The van der Waals surface area contributed by atoms with Crippen LogP contribution in [0, 0.1) is 0 Å². The van der Waals surface area contributed by atoms with Gasteiger partial charge in [0.1, 0.15) is 0 Å². The van der Waals surface area contributed by atoms with Gasteiger partial charge in [0, 0.05) is 36.8 Å². The van der Waals surface area contributed by atoms with E-state index in [4.69, 9.17) is 5.73 Å². The van der Waals surface area contributed by atoms with E-state index in [1.54, 1.807) is 0 Å². The molecule has 1 unspecified atom stereocenters. The molecule has 2 rings (SSSR count). The molecule has 1 atom stereocenters. The first-order chi connectivity index (χ1) is 7.77. The minimum Gasteiger partial charge on any atom is -0.329 e. The van der Waals surface area contributed by atoms with Gasteiger partial charge in [-0.25, -0.2) is 0 Å². The van der Waals surface area contributed by atoms with Crippen LogP contribution in [0.2, 0.25) is 0 Å². The fourth-order valence-corrected chi connectivity index (χ4v) is 3.68. The third-order valence-corrected chi connectivity index (χ3v) is 4.65. The summed E-state index contributed by atoms with van der Waals surface area (Å²) in [5.74, 6) is 2.38. The van der Waals surface area contributed by atoms with Crippen molar-refractivity contribution >= 4 is 11.8 Å². The normalized spacial score (nSPS) is 25.2. The van der Waals surface area contributed by atoms with Gasteiger partial charge in [-0.2, -0.15) is 11.8 Å². The van der Waals surface area contributed by atoms with Crippen LogP contribution in [0.1, 0.15) is 12.0 Å². The van der Waals surface area contributed by atoms with Gasteiger partial charge in [-0.1, -0.05) is 6.07 Å². The van der Waals surface area contributed by atoms with Crippen LogP contribution in [0.5, 0.6) is 0 Å². The van der Waals surface area contributed by atoms with Crippen molar-refractivity contribution in [3.8, 4) is 0 Å². The molecule has 1 fully saturated rings. The quantitative estimate of drug-likeness (QED) is 0.858. The van der Waals surface area contributed by atoms with Gasteiger partial charge in [-0.05, 0) is 30.9 Å². The lowest BCUT2D eigenvalue weighted by Gasteiger charge is -2.37. The maximum Gasteiger partial charge on any atom is 0.0430 e. The molecule has 1 aromatic heterocycles. The van der Waals surface area contributed by atoms with Crippen LogP contribution in [0.3, 0.4) is 0 Å². The average Bonchev–Trinajstić information content (AvgIpc) is 2.80. The molecule has 0 amide bonds. The summed E-state index contributed by atoms with van der Waals surface area (Å²) in [6.07, 6.45) is 4.95. The second kappa shape index (κ2) is 5.17. The van der Waals surface area contributed by atoms with E-state index in [2.05, 4.69) is 23.0 Å². The summed E-state index contributed by atoms with van der Waals surface area (Å²) in [5, 5.41) is 0. The van der Waals surface area contributed by atoms with Crippen LogP contribution >= 0.6 is 11.8 Å². The van der Waals surface area contributed by atoms with E-state index in [1.165, 1.54) is 17.7 Å². The fraction of sp³-hybridized carbons (Fsp3) is 0.583. The number of likely N-dealkylation sites (N-methyl/N-ethyl adjacent to an activating group) is 1. The molecular formula is C12H19N3S. The highest BCUT2D eigenvalue weighted by molar-refractivity contribution is 7.99. The van der Waals surface area contributed by atoms with Crippen molar-refractivity contribution in [3.05, 3.63) is 30.1 Å². The van der Waals surface area contributed by atoms with E-state index in [1.807, 2.05) is 30.2 Å². The van der Waals surface area contributed by atoms with Crippen molar-refractivity contribution in [1.29, 1.82) is 0 Å². The molecule has 0 spiro atoms. The van der Waals surface area contributed by atoms with Crippen LogP contribution in [-0.4, -0.2) is 40.5 Å². The van der Waals surface area contributed by atoms with Gasteiger partial charge in [0.2, 0.25) is 0 Å². The first-order valence-electron chi connectivity index (χ1n) is 5.65. The summed E-state index contributed by atoms with van der Waals surface area (Å²) in [6.45, 7) is 1.68. The van der Waals surface area contributed by atoms with E-state index in [0.717, 1.165) is 18.8 Å². The van der Waals surface area contributed by atoms with Crippen molar-refractivity contribution in [2.24, 2.45) is 5.73 Å². The molecule has 0 aliphatic carbocycles. The summed E-state index contributed by atoms with van der Waals surface area (Å²) in [4.78, 5) is 6.54. The van der Waals surface area contributed by atoms with Crippen molar-refractivity contribution in [1.82, 2.24) is 9.88 Å². The SMILES string of the molecule is CN(Cc1cccnc1)C1(CN)CCSC1. The topological polar surface area (TPSA) is 42.2 Å². The fourth-order valence-electron chi connectivity index (χ4n) is 2.15. The number of hydrogen-bond acceptors (Lipinski definition) is 4. The first-order valence-corrected chi connectivity index (χ1v) is 6.80. The molecule has 16 heavy (non-hydrogen) atoms. The molecule has 88 valence electrons. The van der Waals surface area contributed by atoms with Gasteiger partial charge in [-0.15, -0.1) is 0 Å². The van der Waals surface area contributed by atoms with Gasteiger partial charge in [0.05, 0.1) is 0 Å². The van der Waals surface area contributed by atoms with Crippen LogP contribution in [0.25, 0.3) is 0 Å². The molecule has 0 bridgehead atoms. The Morgan fingerprint density at radius 2 is 2.50 bits per heavy atom. The summed E-state index contributed by atoms with van der Waals surface area (Å²) in [5.41, 5.74) is 7.41. The molecule has 1 saturated heterocycles. The third-order valence-electron chi connectivity index (χ3n) is 3.41. The van der Waals surface area contributed by atoms with Crippen molar-refractivity contribution in [2.45, 2.75) is 18.5 Å². The maximum absolute atomic E-state index is 5.95. The summed E-state index contributed by atoms with van der Waals surface area (Å²) >= 11 is 2.01. The van der Waals surface area contributed by atoms with Crippen LogP contribution in [0.15, 0.2) is 24.5 Å². The lowest BCUT2D eigenvalue weighted by atomic mass is 9.96. The maximum atomic E-state index is 5.95. The van der Waals surface area contributed by atoms with Crippen molar-refractivity contribution in [2.75, 3.05) is 25.1 Å². The zero-order valence-corrected chi connectivity index (χ0v) is 10.5. The van der Waals surface area contributed by atoms with Gasteiger partial charge in [0.25, 0.3) is 0 Å². The first kappa shape index (κ1) is 11.9. The van der Waals surface area contributed by atoms with Gasteiger partial charge in [0.15, 0.2) is 0 Å². The Labute approximate surface area is 101 Å². The standard InChI is InChI=1S/C12H19N3S/c1-15(8-11-3-2-5-14-7-11)12(9-13)4-6-16-10-12/h2-3,5,7H,4,6,8-10,13H2,1H3. The smallest absolute Gasteiger partial charge is 0.0430 e. The Bertz CT molecular complexity index is 322. The summed E-state index contributed by atoms with van der Waals surface area (Å²) in [6, 6.07) is 4.11. The van der Waals surface area contributed by atoms with E-state index in [9.17, 15) is 0 Å². The van der Waals surface area contributed by atoms with Crippen LogP contribution in [0.4, 0.5) is 0 Å². The predicted molar refractivity (Wildman–Crippen MR) is 69.4 cm³/mol. The third kappa shape index (κ3) is 2.39. The second-order valence-corrected chi connectivity index (χ2v) is 5.55. The van der Waals surface area contributed by atoms with E-state index >= 15 is 0 Å². The Morgan fingerprint density at radius 3 is 3.06 bits per heavy atom. The summed E-state index contributed by atoms with van der Waals surface area (Å²) < 4.78 is 0. The number of thioether (sulfide) groups is 1. The largest absolute Gasteiger partial charge is 0.329 e. The monoisotopic (exact) mass is 237 g/mol. The van der Waals surface area contributed by atoms with E-state index < -0.39 is 0 Å². The highest BCUT2D eigenvalue weighted by Crippen LogP contribution is 2.32.